The summed E-state index contributed by atoms with van der Waals surface area (Å²) in [7, 11) is -3.33. The number of aliphatic hydroxyl groups is 1. The van der Waals surface area contributed by atoms with Gasteiger partial charge in [-0.3, -0.25) is 0 Å². The zero-order valence-corrected chi connectivity index (χ0v) is 17.7. The standard InChI is InChI=1S/C18H29N5O6S/c24-10-1-11-30(27,28)23-8-6-21(7-9-23)16-12-20-17(13-19-16)29-14-15-2-4-22(5-3-15)18(25)26/h12-13,15,24H,1-11,14H2,(H,25,26). The van der Waals surface area contributed by atoms with Crippen LogP contribution < -0.4 is 9.64 Å². The molecular formula is C18H29N5O6S. The normalized spacial score (nSPS) is 19.1. The fourth-order valence-corrected chi connectivity index (χ4v) is 5.08. The first kappa shape index (κ1) is 22.5. The van der Waals surface area contributed by atoms with E-state index < -0.39 is 16.1 Å². The van der Waals surface area contributed by atoms with Gasteiger partial charge in [-0.1, -0.05) is 0 Å². The molecule has 168 valence electrons. The van der Waals surface area contributed by atoms with E-state index in [9.17, 15) is 13.2 Å². The van der Waals surface area contributed by atoms with Crippen LogP contribution in [-0.4, -0.2) is 102 Å². The van der Waals surface area contributed by atoms with Gasteiger partial charge in [0, 0.05) is 45.9 Å². The molecule has 0 spiro atoms. The first-order valence-electron chi connectivity index (χ1n) is 10.2. The summed E-state index contributed by atoms with van der Waals surface area (Å²) in [6.45, 7) is 3.19. The quantitative estimate of drug-likeness (QED) is 0.572. The van der Waals surface area contributed by atoms with Gasteiger partial charge in [-0.15, -0.1) is 0 Å². The van der Waals surface area contributed by atoms with E-state index in [0.29, 0.717) is 63.5 Å². The number of carboxylic acid groups (broad SMARTS) is 1. The molecule has 0 saturated carbocycles. The molecule has 0 unspecified atom stereocenters. The molecule has 2 fully saturated rings. The van der Waals surface area contributed by atoms with E-state index in [-0.39, 0.29) is 18.8 Å². The molecule has 0 bridgehead atoms. The zero-order valence-electron chi connectivity index (χ0n) is 16.9. The van der Waals surface area contributed by atoms with Crippen LogP contribution in [0.25, 0.3) is 0 Å². The molecule has 2 N–H and O–H groups in total. The van der Waals surface area contributed by atoms with E-state index in [4.69, 9.17) is 14.9 Å². The number of aromatic nitrogens is 2. The Bertz CT molecular complexity index is 790. The molecule has 0 radical (unpaired) electrons. The summed E-state index contributed by atoms with van der Waals surface area (Å²) >= 11 is 0. The molecule has 2 aliphatic heterocycles. The Morgan fingerprint density at radius 1 is 1.10 bits per heavy atom. The lowest BCUT2D eigenvalue weighted by Crippen LogP contribution is -2.49. The molecule has 3 heterocycles. The summed E-state index contributed by atoms with van der Waals surface area (Å²) in [5, 5.41) is 17.8. The number of piperidine rings is 1. The van der Waals surface area contributed by atoms with Gasteiger partial charge < -0.3 is 24.7 Å². The van der Waals surface area contributed by atoms with Gasteiger partial charge in [0.25, 0.3) is 0 Å². The van der Waals surface area contributed by atoms with E-state index in [0.717, 1.165) is 12.8 Å². The van der Waals surface area contributed by atoms with E-state index in [1.165, 1.54) is 9.21 Å². The van der Waals surface area contributed by atoms with Gasteiger partial charge in [0.05, 0.1) is 24.8 Å². The molecule has 1 aromatic heterocycles. The lowest BCUT2D eigenvalue weighted by Gasteiger charge is -2.34. The van der Waals surface area contributed by atoms with Gasteiger partial charge in [-0.25, -0.2) is 23.2 Å². The Morgan fingerprint density at radius 2 is 1.80 bits per heavy atom. The van der Waals surface area contributed by atoms with Crippen molar-refractivity contribution in [2.24, 2.45) is 5.92 Å². The van der Waals surface area contributed by atoms with Crippen LogP contribution in [0.3, 0.4) is 0 Å². The Labute approximate surface area is 176 Å². The summed E-state index contributed by atoms with van der Waals surface area (Å²) in [6, 6.07) is 0. The summed E-state index contributed by atoms with van der Waals surface area (Å²) in [5.74, 6) is 1.35. The van der Waals surface area contributed by atoms with Crippen LogP contribution in [0.5, 0.6) is 5.88 Å². The lowest BCUT2D eigenvalue weighted by atomic mass is 9.98. The van der Waals surface area contributed by atoms with E-state index in [1.54, 1.807) is 12.4 Å². The fourth-order valence-electron chi connectivity index (χ4n) is 3.61. The third kappa shape index (κ3) is 5.92. The number of rotatable bonds is 8. The van der Waals surface area contributed by atoms with Crippen molar-refractivity contribution in [2.45, 2.75) is 19.3 Å². The number of ether oxygens (including phenoxy) is 1. The van der Waals surface area contributed by atoms with Crippen molar-refractivity contribution in [3.8, 4) is 5.88 Å². The predicted octanol–water partition coefficient (Wildman–Crippen LogP) is 0.0796. The number of likely N-dealkylation sites (tertiary alicyclic amines) is 1. The average molecular weight is 444 g/mol. The molecule has 0 aliphatic carbocycles. The summed E-state index contributed by atoms with van der Waals surface area (Å²) in [6.07, 6.45) is 4.09. The van der Waals surface area contributed by atoms with Crippen LogP contribution in [0.4, 0.5) is 10.6 Å². The minimum atomic E-state index is -3.33. The minimum absolute atomic E-state index is 0.0370. The lowest BCUT2D eigenvalue weighted by molar-refractivity contribution is 0.111. The molecule has 0 aromatic carbocycles. The Balaban J connectivity index is 1.43. The first-order valence-corrected chi connectivity index (χ1v) is 11.8. The number of amides is 1. The third-order valence-electron chi connectivity index (χ3n) is 5.48. The number of hydrogen-bond donors (Lipinski definition) is 2. The monoisotopic (exact) mass is 443 g/mol. The Morgan fingerprint density at radius 3 is 2.37 bits per heavy atom. The topological polar surface area (TPSA) is 136 Å². The van der Waals surface area contributed by atoms with Crippen LogP contribution in [0.2, 0.25) is 0 Å². The van der Waals surface area contributed by atoms with Crippen molar-refractivity contribution in [3.63, 3.8) is 0 Å². The van der Waals surface area contributed by atoms with E-state index in [1.807, 2.05) is 4.90 Å². The van der Waals surface area contributed by atoms with Crippen LogP contribution in [-0.2, 0) is 10.0 Å². The van der Waals surface area contributed by atoms with Crippen molar-refractivity contribution in [2.75, 3.05) is 63.1 Å². The molecule has 11 nitrogen and oxygen atoms in total. The van der Waals surface area contributed by atoms with Crippen LogP contribution in [0.15, 0.2) is 12.4 Å². The van der Waals surface area contributed by atoms with Gasteiger partial charge in [0.1, 0.15) is 5.82 Å². The van der Waals surface area contributed by atoms with Gasteiger partial charge in [-0.05, 0) is 25.2 Å². The van der Waals surface area contributed by atoms with E-state index in [2.05, 4.69) is 9.97 Å². The molecule has 0 atom stereocenters. The zero-order chi connectivity index (χ0) is 21.6. The fraction of sp³-hybridized carbons (Fsp3) is 0.722. The highest BCUT2D eigenvalue weighted by molar-refractivity contribution is 7.89. The number of carbonyl (C=O) groups is 1. The summed E-state index contributed by atoms with van der Waals surface area (Å²) in [5.41, 5.74) is 0. The molecule has 30 heavy (non-hydrogen) atoms. The number of hydrogen-bond acceptors (Lipinski definition) is 8. The smallest absolute Gasteiger partial charge is 0.407 e. The van der Waals surface area contributed by atoms with Gasteiger partial charge >= 0.3 is 6.09 Å². The van der Waals surface area contributed by atoms with Crippen molar-refractivity contribution >= 4 is 21.9 Å². The molecule has 2 aliphatic rings. The third-order valence-corrected chi connectivity index (χ3v) is 7.44. The Hall–Kier alpha value is -2.18. The number of aliphatic hydroxyl groups excluding tert-OH is 1. The predicted molar refractivity (Wildman–Crippen MR) is 109 cm³/mol. The van der Waals surface area contributed by atoms with Crippen molar-refractivity contribution in [1.82, 2.24) is 19.2 Å². The van der Waals surface area contributed by atoms with Crippen molar-refractivity contribution < 1.29 is 28.2 Å². The minimum Gasteiger partial charge on any atom is -0.476 e. The maximum atomic E-state index is 12.2. The van der Waals surface area contributed by atoms with Gasteiger partial charge in [0.2, 0.25) is 15.9 Å². The van der Waals surface area contributed by atoms with Crippen LogP contribution in [0.1, 0.15) is 19.3 Å². The average Bonchev–Trinajstić information content (AvgIpc) is 2.77. The maximum Gasteiger partial charge on any atom is 0.407 e. The van der Waals surface area contributed by atoms with E-state index >= 15 is 0 Å². The largest absolute Gasteiger partial charge is 0.476 e. The molecule has 1 amide bonds. The van der Waals surface area contributed by atoms with Crippen molar-refractivity contribution in [3.05, 3.63) is 12.4 Å². The van der Waals surface area contributed by atoms with Crippen molar-refractivity contribution in [1.29, 1.82) is 0 Å². The summed E-state index contributed by atoms with van der Waals surface area (Å²) < 4.78 is 31.6. The second kappa shape index (κ2) is 10.2. The molecule has 2 saturated heterocycles. The molecule has 12 heteroatoms. The molecule has 3 rings (SSSR count). The van der Waals surface area contributed by atoms with Crippen LogP contribution >= 0.6 is 0 Å². The highest BCUT2D eigenvalue weighted by Crippen LogP contribution is 2.20. The van der Waals surface area contributed by atoms with Crippen LogP contribution in [0, 0.1) is 5.92 Å². The molecule has 1 aromatic rings. The SMILES string of the molecule is O=C(O)N1CCC(COc2cnc(N3CCN(S(=O)(=O)CCCO)CC3)cn2)CC1. The first-order chi connectivity index (χ1) is 14.4. The highest BCUT2D eigenvalue weighted by atomic mass is 32.2. The van der Waals surface area contributed by atoms with Gasteiger partial charge in [0.15, 0.2) is 0 Å². The molecular weight excluding hydrogens is 414 g/mol. The van der Waals surface area contributed by atoms with Gasteiger partial charge in [-0.2, -0.15) is 4.31 Å². The highest BCUT2D eigenvalue weighted by Gasteiger charge is 2.27. The maximum absolute atomic E-state index is 12.2. The number of sulfonamides is 1. The number of nitrogens with zero attached hydrogens (tertiary/aromatic N) is 5. The number of piperazine rings is 1. The second-order valence-corrected chi connectivity index (χ2v) is 9.60. The Kier molecular flexibility index (Phi) is 7.67. The number of anilines is 1. The second-order valence-electron chi connectivity index (χ2n) is 7.52. The summed E-state index contributed by atoms with van der Waals surface area (Å²) in [4.78, 5) is 23.0.